The van der Waals surface area contributed by atoms with E-state index in [0.717, 1.165) is 18.4 Å². The van der Waals surface area contributed by atoms with E-state index in [1.165, 1.54) is 0 Å². The van der Waals surface area contributed by atoms with Crippen LogP contribution in [0.1, 0.15) is 38.3 Å². The van der Waals surface area contributed by atoms with Crippen LogP contribution in [-0.2, 0) is 6.61 Å². The summed E-state index contributed by atoms with van der Waals surface area (Å²) in [6.45, 7) is 4.74. The van der Waals surface area contributed by atoms with Gasteiger partial charge in [0, 0.05) is 0 Å². The standard InChI is InChI=1S/C20H26N5O2P/c1-3-14-12(2)9-15(17(14)26)25-11-21-16-18(25)22-20(24-28)23-19(16)27-10-13-7-5-4-6-8-13/h4-8,11-12,14-15,17,26H,3,9-10,28H2,1-2H3,(H,22,23,24)/t12-,14+,15-,17-/m0/s1. The highest BCUT2D eigenvalue weighted by Crippen LogP contribution is 2.42. The Morgan fingerprint density at radius 2 is 2.07 bits per heavy atom. The molecule has 28 heavy (non-hydrogen) atoms. The van der Waals surface area contributed by atoms with Crippen molar-refractivity contribution in [1.82, 2.24) is 19.5 Å². The second kappa shape index (κ2) is 8.02. The molecule has 7 nitrogen and oxygen atoms in total. The molecule has 2 heterocycles. The van der Waals surface area contributed by atoms with Gasteiger partial charge in [-0.15, -0.1) is 0 Å². The molecular weight excluding hydrogens is 373 g/mol. The summed E-state index contributed by atoms with van der Waals surface area (Å²) in [6.07, 6.45) is 3.21. The van der Waals surface area contributed by atoms with Crippen molar-refractivity contribution in [3.8, 4) is 5.88 Å². The molecule has 0 radical (unpaired) electrons. The lowest BCUT2D eigenvalue weighted by atomic mass is 9.94. The van der Waals surface area contributed by atoms with Gasteiger partial charge in [-0.2, -0.15) is 9.97 Å². The first-order chi connectivity index (χ1) is 13.6. The zero-order valence-corrected chi connectivity index (χ0v) is 17.3. The first kappa shape index (κ1) is 19.1. The van der Waals surface area contributed by atoms with E-state index >= 15 is 0 Å². The molecular formula is C20H26N5O2P. The predicted molar refractivity (Wildman–Crippen MR) is 112 cm³/mol. The molecule has 2 aromatic heterocycles. The Morgan fingerprint density at radius 3 is 2.75 bits per heavy atom. The van der Waals surface area contributed by atoms with E-state index in [9.17, 15) is 5.11 Å². The summed E-state index contributed by atoms with van der Waals surface area (Å²) in [5.74, 6) is 1.62. The number of hydrogen-bond donors (Lipinski definition) is 2. The molecule has 148 valence electrons. The van der Waals surface area contributed by atoms with Gasteiger partial charge in [0.05, 0.1) is 18.5 Å². The van der Waals surface area contributed by atoms with Crippen LogP contribution in [0.15, 0.2) is 36.7 Å². The van der Waals surface area contributed by atoms with E-state index < -0.39 is 6.10 Å². The average Bonchev–Trinajstić information content (AvgIpc) is 3.26. The van der Waals surface area contributed by atoms with E-state index in [-0.39, 0.29) is 12.0 Å². The Hall–Kier alpha value is -2.24. The highest BCUT2D eigenvalue weighted by atomic mass is 31.0. The summed E-state index contributed by atoms with van der Waals surface area (Å²) in [6, 6.07) is 9.90. The minimum Gasteiger partial charge on any atom is -0.471 e. The van der Waals surface area contributed by atoms with Crippen molar-refractivity contribution in [3.63, 3.8) is 0 Å². The van der Waals surface area contributed by atoms with Crippen LogP contribution in [0.3, 0.4) is 0 Å². The average molecular weight is 399 g/mol. The number of aromatic nitrogens is 4. The van der Waals surface area contributed by atoms with E-state index in [0.29, 0.717) is 35.5 Å². The number of nitrogens with zero attached hydrogens (tertiary/aromatic N) is 4. The van der Waals surface area contributed by atoms with E-state index in [2.05, 4.69) is 43.3 Å². The van der Waals surface area contributed by atoms with Crippen molar-refractivity contribution in [2.24, 2.45) is 11.8 Å². The van der Waals surface area contributed by atoms with E-state index in [1.54, 1.807) is 6.33 Å². The van der Waals surface area contributed by atoms with Crippen molar-refractivity contribution >= 4 is 26.5 Å². The van der Waals surface area contributed by atoms with Gasteiger partial charge < -0.3 is 19.5 Å². The molecule has 5 atom stereocenters. The summed E-state index contributed by atoms with van der Waals surface area (Å²) in [4.78, 5) is 13.6. The topological polar surface area (TPSA) is 85.1 Å². The molecule has 3 aromatic rings. The Morgan fingerprint density at radius 1 is 1.29 bits per heavy atom. The van der Waals surface area contributed by atoms with Crippen molar-refractivity contribution in [3.05, 3.63) is 42.2 Å². The van der Waals surface area contributed by atoms with E-state index in [4.69, 9.17) is 4.74 Å². The predicted octanol–water partition coefficient (Wildman–Crippen LogP) is 3.58. The number of hydrogen-bond acceptors (Lipinski definition) is 6. The number of nitrogens with one attached hydrogen (secondary N) is 1. The Labute approximate surface area is 166 Å². The maximum absolute atomic E-state index is 10.9. The Bertz CT molecular complexity index is 948. The normalized spacial score (nSPS) is 24.6. The van der Waals surface area contributed by atoms with Gasteiger partial charge in [0.25, 0.3) is 0 Å². The van der Waals surface area contributed by atoms with Crippen LogP contribution < -0.4 is 9.82 Å². The Kier molecular flexibility index (Phi) is 5.47. The molecule has 1 saturated carbocycles. The number of aliphatic hydroxyl groups excluding tert-OH is 1. The molecule has 8 heteroatoms. The SMILES string of the molecule is CC[C@H]1[C@H](O)[C@@H](n2cnc3c(OCc4ccccc4)nc(NP)nc32)C[C@@H]1C. The summed E-state index contributed by atoms with van der Waals surface area (Å²) in [5.41, 5.74) is 2.34. The highest BCUT2D eigenvalue weighted by molar-refractivity contribution is 7.18. The van der Waals surface area contributed by atoms with Gasteiger partial charge in [-0.25, -0.2) is 4.98 Å². The number of aliphatic hydroxyl groups is 1. The maximum atomic E-state index is 10.9. The van der Waals surface area contributed by atoms with Crippen molar-refractivity contribution in [2.45, 2.75) is 45.4 Å². The molecule has 0 amide bonds. The van der Waals surface area contributed by atoms with Crippen LogP contribution in [0.5, 0.6) is 5.88 Å². The van der Waals surface area contributed by atoms with Crippen LogP contribution in [-0.4, -0.2) is 30.7 Å². The maximum Gasteiger partial charge on any atom is 0.247 e. The van der Waals surface area contributed by atoms with Crippen LogP contribution in [0, 0.1) is 11.8 Å². The fraction of sp³-hybridized carbons (Fsp3) is 0.450. The van der Waals surface area contributed by atoms with E-state index in [1.807, 2.05) is 34.9 Å². The van der Waals surface area contributed by atoms with Crippen molar-refractivity contribution in [2.75, 3.05) is 5.09 Å². The zero-order chi connectivity index (χ0) is 19.7. The fourth-order valence-electron chi connectivity index (χ4n) is 4.26. The van der Waals surface area contributed by atoms with Crippen LogP contribution in [0.25, 0.3) is 11.2 Å². The van der Waals surface area contributed by atoms with Crippen LogP contribution >= 0.6 is 9.39 Å². The lowest BCUT2D eigenvalue weighted by Gasteiger charge is -2.20. The second-order valence-corrected chi connectivity index (χ2v) is 7.73. The first-order valence-electron chi connectivity index (χ1n) is 9.68. The summed E-state index contributed by atoms with van der Waals surface area (Å²) < 4.78 is 7.96. The number of fused-ring (bicyclic) bond motifs is 1. The van der Waals surface area contributed by atoms with Crippen molar-refractivity contribution < 1.29 is 9.84 Å². The van der Waals surface area contributed by atoms with Gasteiger partial charge in [-0.05, 0) is 33.2 Å². The molecule has 1 aromatic carbocycles. The number of rotatable bonds is 6. The second-order valence-electron chi connectivity index (χ2n) is 7.44. The molecule has 0 bridgehead atoms. The zero-order valence-electron chi connectivity index (χ0n) is 16.1. The monoisotopic (exact) mass is 399 g/mol. The molecule has 1 aliphatic carbocycles. The molecule has 0 aliphatic heterocycles. The Balaban J connectivity index is 1.69. The molecule has 4 rings (SSSR count). The minimum atomic E-state index is -0.409. The third kappa shape index (κ3) is 3.45. The molecule has 0 spiro atoms. The molecule has 2 N–H and O–H groups in total. The van der Waals surface area contributed by atoms with Gasteiger partial charge in [0.1, 0.15) is 6.61 Å². The van der Waals surface area contributed by atoms with Crippen LogP contribution in [0.2, 0.25) is 0 Å². The van der Waals surface area contributed by atoms with Crippen molar-refractivity contribution in [1.29, 1.82) is 0 Å². The van der Waals surface area contributed by atoms with Gasteiger partial charge in [-0.1, -0.05) is 50.6 Å². The number of ether oxygens (including phenoxy) is 1. The number of anilines is 1. The summed E-state index contributed by atoms with van der Waals surface area (Å²) in [7, 11) is 2.41. The molecule has 1 aliphatic rings. The fourth-order valence-corrected chi connectivity index (χ4v) is 4.39. The van der Waals surface area contributed by atoms with Crippen LogP contribution in [0.4, 0.5) is 5.95 Å². The third-order valence-electron chi connectivity index (χ3n) is 5.74. The third-order valence-corrected chi connectivity index (χ3v) is 6.00. The first-order valence-corrected chi connectivity index (χ1v) is 10.3. The quantitative estimate of drug-likeness (QED) is 0.617. The lowest BCUT2D eigenvalue weighted by molar-refractivity contribution is 0.0870. The molecule has 0 saturated heterocycles. The lowest BCUT2D eigenvalue weighted by Crippen LogP contribution is -2.24. The van der Waals surface area contributed by atoms with Gasteiger partial charge in [-0.3, -0.25) is 0 Å². The minimum absolute atomic E-state index is 0.0424. The number of imidazole rings is 1. The smallest absolute Gasteiger partial charge is 0.247 e. The van der Waals surface area contributed by atoms with Gasteiger partial charge in [0.15, 0.2) is 11.2 Å². The molecule has 1 unspecified atom stereocenters. The highest BCUT2D eigenvalue weighted by Gasteiger charge is 2.40. The van der Waals surface area contributed by atoms with Gasteiger partial charge >= 0.3 is 0 Å². The molecule has 1 fully saturated rings. The summed E-state index contributed by atoms with van der Waals surface area (Å²) >= 11 is 0. The number of benzene rings is 1. The summed E-state index contributed by atoms with van der Waals surface area (Å²) in [5, 5.41) is 13.8. The largest absolute Gasteiger partial charge is 0.471 e. The van der Waals surface area contributed by atoms with Gasteiger partial charge in [0.2, 0.25) is 11.8 Å².